The fourth-order valence-corrected chi connectivity index (χ4v) is 4.29. The summed E-state index contributed by atoms with van der Waals surface area (Å²) in [4.78, 5) is 1.23. The first-order valence-corrected chi connectivity index (χ1v) is 8.59. The van der Waals surface area contributed by atoms with Crippen molar-refractivity contribution in [2.24, 2.45) is 7.05 Å². The maximum absolute atomic E-state index is 12.6. The summed E-state index contributed by atoms with van der Waals surface area (Å²) in [5.74, 6) is 0. The lowest BCUT2D eigenvalue weighted by Gasteiger charge is -2.18. The number of aliphatic hydroxyl groups is 1. The van der Waals surface area contributed by atoms with Gasteiger partial charge in [0.05, 0.1) is 6.61 Å². The number of aliphatic hydroxyl groups excluding tert-OH is 1. The maximum Gasteiger partial charge on any atom is 0.244 e. The first-order valence-electron chi connectivity index (χ1n) is 6.27. The molecule has 0 atom stereocenters. The van der Waals surface area contributed by atoms with Crippen LogP contribution < -0.4 is 0 Å². The molecule has 0 unspecified atom stereocenters. The maximum atomic E-state index is 12.6. The number of nitrogens with zero attached hydrogens (tertiary/aromatic N) is 2. The van der Waals surface area contributed by atoms with E-state index in [1.165, 1.54) is 27.9 Å². The summed E-state index contributed by atoms with van der Waals surface area (Å²) in [5, 5.41) is 11.1. The minimum atomic E-state index is -3.53. The van der Waals surface area contributed by atoms with Gasteiger partial charge in [-0.3, -0.25) is 0 Å². The Hall–Kier alpha value is -1.15. The van der Waals surface area contributed by atoms with Gasteiger partial charge in [0, 0.05) is 36.9 Å². The molecule has 20 heavy (non-hydrogen) atoms. The molecular formula is C13H18N2O3S2. The minimum Gasteiger partial charge on any atom is -0.390 e. The molecule has 2 aromatic rings. The fourth-order valence-electron chi connectivity index (χ4n) is 1.97. The van der Waals surface area contributed by atoms with Crippen molar-refractivity contribution in [3.8, 4) is 0 Å². The van der Waals surface area contributed by atoms with Gasteiger partial charge in [0.25, 0.3) is 0 Å². The fraction of sp³-hybridized carbons (Fsp3) is 0.385. The van der Waals surface area contributed by atoms with Crippen molar-refractivity contribution in [3.63, 3.8) is 0 Å². The van der Waals surface area contributed by atoms with Crippen LogP contribution >= 0.6 is 11.3 Å². The molecule has 2 rings (SSSR count). The van der Waals surface area contributed by atoms with Crippen molar-refractivity contribution in [3.05, 3.63) is 40.3 Å². The standard InChI is InChI=1S/C13H18N2O3S2/c1-3-15(8-12-5-4-6-19-12)20(17,18)13-7-11(10-16)14(2)9-13/h4-7,9,16H,3,8,10H2,1-2H3. The second-order valence-electron chi connectivity index (χ2n) is 4.45. The van der Waals surface area contributed by atoms with E-state index in [9.17, 15) is 13.5 Å². The van der Waals surface area contributed by atoms with E-state index in [1.807, 2.05) is 24.4 Å². The first-order chi connectivity index (χ1) is 9.48. The Bertz CT molecular complexity index is 660. The highest BCUT2D eigenvalue weighted by Crippen LogP contribution is 2.22. The summed E-state index contributed by atoms with van der Waals surface area (Å²) >= 11 is 1.54. The molecule has 2 heterocycles. The zero-order valence-corrected chi connectivity index (χ0v) is 13.1. The molecule has 1 N–H and O–H groups in total. The SMILES string of the molecule is CCN(Cc1cccs1)S(=O)(=O)c1cc(CO)n(C)c1. The van der Waals surface area contributed by atoms with Crippen molar-refractivity contribution in [2.75, 3.05) is 6.54 Å². The van der Waals surface area contributed by atoms with Crippen molar-refractivity contribution >= 4 is 21.4 Å². The van der Waals surface area contributed by atoms with E-state index in [0.717, 1.165) is 4.88 Å². The molecule has 0 aromatic carbocycles. The van der Waals surface area contributed by atoms with Gasteiger partial charge in [0.2, 0.25) is 10.0 Å². The summed E-state index contributed by atoms with van der Waals surface area (Å²) in [6.45, 7) is 2.42. The van der Waals surface area contributed by atoms with Crippen LogP contribution in [0, 0.1) is 0 Å². The van der Waals surface area contributed by atoms with Gasteiger partial charge in [-0.1, -0.05) is 13.0 Å². The van der Waals surface area contributed by atoms with Crippen LogP contribution in [0.3, 0.4) is 0 Å². The van der Waals surface area contributed by atoms with Gasteiger partial charge in [-0.25, -0.2) is 8.42 Å². The van der Waals surface area contributed by atoms with Crippen LogP contribution in [-0.4, -0.2) is 28.9 Å². The van der Waals surface area contributed by atoms with Gasteiger partial charge in [-0.05, 0) is 17.5 Å². The predicted molar refractivity (Wildman–Crippen MR) is 78.9 cm³/mol. The zero-order chi connectivity index (χ0) is 14.8. The Kier molecular flexibility index (Phi) is 4.64. The van der Waals surface area contributed by atoms with Gasteiger partial charge in [-0.15, -0.1) is 11.3 Å². The van der Waals surface area contributed by atoms with Crippen molar-refractivity contribution in [1.29, 1.82) is 0 Å². The Morgan fingerprint density at radius 2 is 2.20 bits per heavy atom. The molecule has 7 heteroatoms. The molecular weight excluding hydrogens is 296 g/mol. The average Bonchev–Trinajstić information content (AvgIpc) is 3.04. The molecule has 0 amide bonds. The van der Waals surface area contributed by atoms with E-state index in [1.54, 1.807) is 11.6 Å². The average molecular weight is 314 g/mol. The lowest BCUT2D eigenvalue weighted by molar-refractivity contribution is 0.272. The van der Waals surface area contributed by atoms with Crippen LogP contribution in [-0.2, 0) is 30.2 Å². The number of thiophene rings is 1. The number of sulfonamides is 1. The van der Waals surface area contributed by atoms with Gasteiger partial charge in [0.1, 0.15) is 4.90 Å². The van der Waals surface area contributed by atoms with Gasteiger partial charge >= 0.3 is 0 Å². The lowest BCUT2D eigenvalue weighted by Crippen LogP contribution is -2.29. The topological polar surface area (TPSA) is 62.5 Å². The molecule has 2 aromatic heterocycles. The van der Waals surface area contributed by atoms with Crippen LogP contribution in [0.1, 0.15) is 17.5 Å². The Balaban J connectivity index is 2.31. The number of hydrogen-bond acceptors (Lipinski definition) is 4. The summed E-state index contributed by atoms with van der Waals surface area (Å²) in [5.41, 5.74) is 0.579. The van der Waals surface area contributed by atoms with Crippen molar-refractivity contribution in [2.45, 2.75) is 25.0 Å². The van der Waals surface area contributed by atoms with Crippen LogP contribution in [0.2, 0.25) is 0 Å². The summed E-state index contributed by atoms with van der Waals surface area (Å²) in [6.07, 6.45) is 1.54. The van der Waals surface area contributed by atoms with Crippen LogP contribution in [0.15, 0.2) is 34.7 Å². The molecule has 0 aliphatic heterocycles. The second-order valence-corrected chi connectivity index (χ2v) is 7.42. The third-order valence-corrected chi connectivity index (χ3v) is 5.89. The highest BCUT2D eigenvalue weighted by molar-refractivity contribution is 7.89. The van der Waals surface area contributed by atoms with Crippen molar-refractivity contribution in [1.82, 2.24) is 8.87 Å². The van der Waals surface area contributed by atoms with E-state index in [2.05, 4.69) is 0 Å². The number of hydrogen-bond donors (Lipinski definition) is 1. The Morgan fingerprint density at radius 1 is 1.45 bits per heavy atom. The third-order valence-electron chi connectivity index (χ3n) is 3.15. The Morgan fingerprint density at radius 3 is 2.70 bits per heavy atom. The van der Waals surface area contributed by atoms with E-state index < -0.39 is 10.0 Å². The molecule has 0 radical (unpaired) electrons. The third kappa shape index (κ3) is 2.95. The molecule has 0 bridgehead atoms. The van der Waals surface area contributed by atoms with E-state index in [0.29, 0.717) is 18.8 Å². The summed E-state index contributed by atoms with van der Waals surface area (Å²) < 4.78 is 28.3. The monoisotopic (exact) mass is 314 g/mol. The summed E-state index contributed by atoms with van der Waals surface area (Å²) in [7, 11) is -1.81. The molecule has 0 fully saturated rings. The van der Waals surface area contributed by atoms with Gasteiger partial charge in [-0.2, -0.15) is 4.31 Å². The normalized spacial score (nSPS) is 12.2. The Labute approximate surface area is 123 Å². The largest absolute Gasteiger partial charge is 0.390 e. The van der Waals surface area contributed by atoms with Crippen LogP contribution in [0.5, 0.6) is 0 Å². The van der Waals surface area contributed by atoms with Crippen LogP contribution in [0.4, 0.5) is 0 Å². The van der Waals surface area contributed by atoms with E-state index in [4.69, 9.17) is 0 Å². The van der Waals surface area contributed by atoms with Crippen molar-refractivity contribution < 1.29 is 13.5 Å². The second kappa shape index (κ2) is 6.09. The summed E-state index contributed by atoms with van der Waals surface area (Å²) in [6, 6.07) is 5.35. The van der Waals surface area contributed by atoms with Crippen LogP contribution in [0.25, 0.3) is 0 Å². The quantitative estimate of drug-likeness (QED) is 0.884. The smallest absolute Gasteiger partial charge is 0.244 e. The highest BCUT2D eigenvalue weighted by Gasteiger charge is 2.25. The molecule has 110 valence electrons. The van der Waals surface area contributed by atoms with E-state index in [-0.39, 0.29) is 11.5 Å². The predicted octanol–water partition coefficient (Wildman–Crippen LogP) is 1.79. The molecule has 0 aliphatic carbocycles. The molecule has 5 nitrogen and oxygen atoms in total. The number of aromatic nitrogens is 1. The molecule has 0 spiro atoms. The first kappa shape index (κ1) is 15.2. The molecule has 0 saturated carbocycles. The molecule has 0 aliphatic rings. The van der Waals surface area contributed by atoms with E-state index >= 15 is 0 Å². The number of rotatable bonds is 6. The highest BCUT2D eigenvalue weighted by atomic mass is 32.2. The lowest BCUT2D eigenvalue weighted by atomic mass is 10.4. The number of aryl methyl sites for hydroxylation is 1. The van der Waals surface area contributed by atoms with Gasteiger partial charge in [0.15, 0.2) is 0 Å². The van der Waals surface area contributed by atoms with Gasteiger partial charge < -0.3 is 9.67 Å². The zero-order valence-electron chi connectivity index (χ0n) is 11.5. The molecule has 0 saturated heterocycles. The minimum absolute atomic E-state index is 0.178.